The largest absolute Gasteiger partial charge is 1.00 e. The first-order valence-electron chi connectivity index (χ1n) is 34.6. The van der Waals surface area contributed by atoms with Gasteiger partial charge in [0.25, 0.3) is 0 Å². The second-order valence-corrected chi connectivity index (χ2v) is 59.9. The minimum absolute atomic E-state index is 0. The van der Waals surface area contributed by atoms with Crippen LogP contribution in [0.2, 0.25) is 9.26 Å². The number of hydrogen-bond donors (Lipinski definition) is 0. The summed E-state index contributed by atoms with van der Waals surface area (Å²) in [5.41, 5.74) is 20.8. The number of benzene rings is 14. The van der Waals surface area contributed by atoms with Crippen molar-refractivity contribution in [3.63, 3.8) is 0 Å². The third kappa shape index (κ3) is 9.97. The topological polar surface area (TPSA) is 0 Å². The van der Waals surface area contributed by atoms with Crippen molar-refractivity contribution in [2.24, 2.45) is 11.8 Å². The van der Waals surface area contributed by atoms with Crippen LogP contribution in [0.25, 0.3) is 143 Å². The Balaban J connectivity index is 0.00000349. The Morgan fingerprint density at radius 2 is 0.521 bits per heavy atom. The third-order valence-electron chi connectivity index (χ3n) is 23.1. The molecule has 4 aliphatic rings. The number of fused-ring (bicyclic) bond motifs is 10. The van der Waals surface area contributed by atoms with E-state index in [1.54, 1.807) is 22.3 Å². The van der Waals surface area contributed by atoms with Crippen LogP contribution >= 0.6 is 0 Å². The fourth-order valence-corrected chi connectivity index (χ4v) is 38.8. The van der Waals surface area contributed by atoms with Crippen molar-refractivity contribution in [1.29, 1.82) is 0 Å². The van der Waals surface area contributed by atoms with Gasteiger partial charge in [-0.25, -0.2) is 0 Å². The van der Waals surface area contributed by atoms with E-state index in [0.717, 1.165) is 12.8 Å². The van der Waals surface area contributed by atoms with Gasteiger partial charge in [-0.15, -0.1) is 0 Å². The molecule has 0 N–H and O–H groups in total. The number of hydrogen-bond acceptors (Lipinski definition) is 0. The van der Waals surface area contributed by atoms with E-state index in [-0.39, 0.29) is 32.1 Å². The fourth-order valence-electron chi connectivity index (χ4n) is 19.3. The van der Waals surface area contributed by atoms with E-state index in [1.807, 2.05) is 0 Å². The van der Waals surface area contributed by atoms with Gasteiger partial charge in [-0.2, -0.15) is 0 Å². The van der Waals surface area contributed by atoms with Crippen molar-refractivity contribution in [3.8, 4) is 44.5 Å². The Kier molecular flexibility index (Phi) is 15.8. The van der Waals surface area contributed by atoms with Crippen LogP contribution in [0.5, 0.6) is 0 Å². The molecule has 18 rings (SSSR count). The van der Waals surface area contributed by atoms with Crippen molar-refractivity contribution in [2.75, 3.05) is 0 Å². The maximum absolute atomic E-state index is 4.85. The number of halogens is 2. The molecule has 0 radical (unpaired) electrons. The Labute approximate surface area is 568 Å². The van der Waals surface area contributed by atoms with Gasteiger partial charge in [0.15, 0.2) is 0 Å². The smallest absolute Gasteiger partial charge is 1.00 e. The molecule has 2 saturated carbocycles. The summed E-state index contributed by atoms with van der Waals surface area (Å²) >= 11 is -4.85. The van der Waals surface area contributed by atoms with Crippen LogP contribution in [0.3, 0.4) is 0 Å². The molecule has 0 heterocycles. The molecular formula is C90H78Cl2SiZr-2. The minimum atomic E-state index is -4.85. The zero-order chi connectivity index (χ0) is 61.3. The average molecular weight is 1350 g/mol. The standard InChI is InChI=1S/2C44H35.2CH3.2ClH.H2Si.Zr/c2*1-2-12-29(13-3-1)24-30-25-41-39(43-35-18-8-4-14-31(35)27-32-15-5-9-19-36(32)43)22-23-40(42(41)26-30)44-37-20-10-6-16-33(37)28-34-17-7-11-21-38(34)44;;;;;;/h2*4-11,14-23,25-29H,1-3,12-13,24H2;2*1H3;2*1H;1H2;/p-2. The molecule has 4 aliphatic carbocycles. The first kappa shape index (κ1) is 61.2. The van der Waals surface area contributed by atoms with Crippen LogP contribution in [0, 0.1) is 11.8 Å². The summed E-state index contributed by atoms with van der Waals surface area (Å²) < 4.78 is 6.51. The van der Waals surface area contributed by atoms with Gasteiger partial charge < -0.3 is 24.8 Å². The van der Waals surface area contributed by atoms with Crippen molar-refractivity contribution in [3.05, 3.63) is 276 Å². The second kappa shape index (κ2) is 24.2. The molecule has 0 aromatic heterocycles. The molecule has 2 unspecified atom stereocenters. The molecular weight excluding hydrogens is 1270 g/mol. The summed E-state index contributed by atoms with van der Waals surface area (Å²) in [6, 6.07) is 94.7. The maximum Gasteiger partial charge on any atom is -1.00 e. The summed E-state index contributed by atoms with van der Waals surface area (Å²) in [5.74, 6) is 1.31. The van der Waals surface area contributed by atoms with E-state index in [9.17, 15) is 0 Å². The summed E-state index contributed by atoms with van der Waals surface area (Å²) in [4.78, 5) is 0. The first-order valence-corrected chi connectivity index (χ1v) is 48.3. The van der Waals surface area contributed by atoms with Crippen LogP contribution < -0.4 is 24.8 Å². The fraction of sp³-hybridized carbons (Fsp3) is 0.200. The average Bonchev–Trinajstić information content (AvgIpc) is 1.48. The molecule has 0 bridgehead atoms. The Bertz CT molecular complexity index is 5000. The molecule has 0 spiro atoms. The van der Waals surface area contributed by atoms with E-state index in [0.29, 0.717) is 11.8 Å². The molecule has 0 aliphatic heterocycles. The number of rotatable bonds is 10. The SMILES string of the molecule is [CH3][Zr]([CH3])(=[SiH2])([CH]1C(CC2CCCCC2)=Cc2c(-c3c4ccccc4cc4ccccc34)ccc(-c3c4ccccc4cc4ccccc34)c21)[CH]1C(CC2CCCCC2)=Cc2c(-c3c4ccccc4cc4ccccc34)ccc(-c3c4ccccc4cc4ccccc34)c21.[Cl-].[Cl-]. The summed E-state index contributed by atoms with van der Waals surface area (Å²) in [6.07, 6.45) is 21.3. The second-order valence-electron chi connectivity index (χ2n) is 29.4. The third-order valence-corrected chi connectivity index (χ3v) is 40.5. The first-order chi connectivity index (χ1) is 45.2. The van der Waals surface area contributed by atoms with Gasteiger partial charge >= 0.3 is 549 Å². The van der Waals surface area contributed by atoms with E-state index >= 15 is 0 Å². The van der Waals surface area contributed by atoms with Gasteiger partial charge in [-0.3, -0.25) is 0 Å². The monoisotopic (exact) mass is 1350 g/mol. The van der Waals surface area contributed by atoms with Crippen LogP contribution in [-0.4, -0.2) is 6.88 Å². The zero-order valence-electron chi connectivity index (χ0n) is 54.0. The Hall–Kier alpha value is -7.68. The van der Waals surface area contributed by atoms with Crippen LogP contribution in [0.15, 0.2) is 254 Å². The van der Waals surface area contributed by atoms with E-state index in [1.165, 1.54) is 206 Å². The molecule has 94 heavy (non-hydrogen) atoms. The van der Waals surface area contributed by atoms with Crippen LogP contribution in [0.1, 0.15) is 107 Å². The van der Waals surface area contributed by atoms with Gasteiger partial charge in [-0.05, 0) is 0 Å². The Morgan fingerprint density at radius 3 is 0.777 bits per heavy atom. The molecule has 14 aromatic rings. The van der Waals surface area contributed by atoms with E-state index in [2.05, 4.69) is 271 Å². The molecule has 14 aromatic carbocycles. The number of allylic oxidation sites excluding steroid dienone is 2. The summed E-state index contributed by atoms with van der Waals surface area (Å²) in [6.45, 7) is 2.62. The summed E-state index contributed by atoms with van der Waals surface area (Å²) in [5, 5.41) is 21.2. The molecule has 0 nitrogen and oxygen atoms in total. The summed E-state index contributed by atoms with van der Waals surface area (Å²) in [7, 11) is 0. The quantitative estimate of drug-likeness (QED) is 0.0946. The molecule has 4 heteroatoms. The van der Waals surface area contributed by atoms with Gasteiger partial charge in [0.2, 0.25) is 0 Å². The molecule has 2 atom stereocenters. The zero-order valence-corrected chi connectivity index (χ0v) is 59.4. The van der Waals surface area contributed by atoms with Crippen molar-refractivity contribution < 1.29 is 42.2 Å². The van der Waals surface area contributed by atoms with Crippen molar-refractivity contribution >= 4 is 105 Å². The maximum atomic E-state index is 3.01. The van der Waals surface area contributed by atoms with Crippen molar-refractivity contribution in [2.45, 2.75) is 93.6 Å². The van der Waals surface area contributed by atoms with Gasteiger partial charge in [0.1, 0.15) is 0 Å². The van der Waals surface area contributed by atoms with Gasteiger partial charge in [-0.1, -0.05) is 0 Å². The van der Waals surface area contributed by atoms with E-state index in [4.69, 9.17) is 0 Å². The van der Waals surface area contributed by atoms with Crippen LogP contribution in [-0.2, 0) is 17.4 Å². The predicted octanol–water partition coefficient (Wildman–Crippen LogP) is 19.4. The molecule has 0 amide bonds. The van der Waals surface area contributed by atoms with Gasteiger partial charge in [0.05, 0.1) is 0 Å². The van der Waals surface area contributed by atoms with Crippen molar-refractivity contribution in [1.82, 2.24) is 0 Å². The molecule has 2 fully saturated rings. The van der Waals surface area contributed by atoms with Gasteiger partial charge in [0, 0.05) is 0 Å². The van der Waals surface area contributed by atoms with E-state index < -0.39 is 17.4 Å². The predicted molar refractivity (Wildman–Crippen MR) is 399 cm³/mol. The minimum Gasteiger partial charge on any atom is -1.00 e. The van der Waals surface area contributed by atoms with Crippen LogP contribution in [0.4, 0.5) is 0 Å². The molecule has 0 saturated heterocycles. The molecule has 462 valence electrons. The Morgan fingerprint density at radius 1 is 0.298 bits per heavy atom. The normalized spacial score (nSPS) is 17.0.